The molecule has 1 aliphatic rings. The van der Waals surface area contributed by atoms with Crippen LogP contribution in [0.15, 0.2) is 0 Å². The Hall–Kier alpha value is 0.0200. The molecule has 0 saturated heterocycles. The minimum atomic E-state index is 0.763. The Balaban J connectivity index is 2.14. The number of hydrogen-bond acceptors (Lipinski definition) is 2. The van der Waals surface area contributed by atoms with Crippen LogP contribution in [0.4, 0.5) is 0 Å². The van der Waals surface area contributed by atoms with Gasteiger partial charge in [-0.05, 0) is 19.3 Å². The van der Waals surface area contributed by atoms with Gasteiger partial charge in [-0.15, -0.1) is 11.8 Å². The molecule has 0 aromatic heterocycles. The van der Waals surface area contributed by atoms with Crippen LogP contribution in [-0.2, 0) is 0 Å². The minimum Gasteiger partial charge on any atom is -0.299 e. The lowest BCUT2D eigenvalue weighted by Gasteiger charge is -1.90. The fourth-order valence-corrected chi connectivity index (χ4v) is 1.77. The van der Waals surface area contributed by atoms with Crippen molar-refractivity contribution in [2.24, 2.45) is 5.92 Å². The molecule has 46 valence electrons. The molecule has 0 aromatic rings. The minimum absolute atomic E-state index is 0.763. The van der Waals surface area contributed by atoms with Gasteiger partial charge in [0.2, 0.25) is 0 Å². The molecule has 0 amide bonds. The lowest BCUT2D eigenvalue weighted by Crippen LogP contribution is -1.83. The maximum Gasteiger partial charge on any atom is 0.0613 e. The Morgan fingerprint density at radius 1 is 1.75 bits per heavy atom. The number of hydrogen-bond donors (Lipinski definition) is 1. The molecule has 1 nitrogen and oxygen atoms in total. The first kappa shape index (κ1) is 6.14. The summed E-state index contributed by atoms with van der Waals surface area (Å²) in [6.07, 6.45) is 1.32. The zero-order chi connectivity index (χ0) is 6.15. The topological polar surface area (TPSA) is 23.9 Å². The lowest BCUT2D eigenvalue weighted by atomic mass is 10.5. The third kappa shape index (κ3) is 1.51. The molecule has 1 N–H and O–H groups in total. The highest BCUT2D eigenvalue weighted by Crippen LogP contribution is 2.41. The van der Waals surface area contributed by atoms with Crippen LogP contribution in [0.25, 0.3) is 0 Å². The maximum atomic E-state index is 7.12. The third-order valence-corrected chi connectivity index (χ3v) is 2.68. The van der Waals surface area contributed by atoms with E-state index in [1.54, 1.807) is 11.8 Å². The van der Waals surface area contributed by atoms with Gasteiger partial charge in [-0.25, -0.2) is 0 Å². The van der Waals surface area contributed by atoms with Gasteiger partial charge in [-0.1, -0.05) is 6.92 Å². The highest BCUT2D eigenvalue weighted by atomic mass is 32.2. The summed E-state index contributed by atoms with van der Waals surface area (Å²) in [7, 11) is 0. The molecule has 1 aliphatic carbocycles. The SMILES string of the molecule is CC(=N)SC1CC1C. The summed E-state index contributed by atoms with van der Waals surface area (Å²) < 4.78 is 0. The highest BCUT2D eigenvalue weighted by Gasteiger charge is 2.33. The predicted molar refractivity (Wildman–Crippen MR) is 38.6 cm³/mol. The first-order valence-corrected chi connectivity index (χ1v) is 3.80. The predicted octanol–water partition coefficient (Wildman–Crippen LogP) is 2.13. The quantitative estimate of drug-likeness (QED) is 0.425. The molecule has 0 radical (unpaired) electrons. The van der Waals surface area contributed by atoms with E-state index >= 15 is 0 Å². The molecule has 1 rings (SSSR count). The van der Waals surface area contributed by atoms with Crippen LogP contribution >= 0.6 is 11.8 Å². The molecule has 2 heteroatoms. The summed E-state index contributed by atoms with van der Waals surface area (Å²) in [5, 5.41) is 8.67. The largest absolute Gasteiger partial charge is 0.299 e. The summed E-state index contributed by atoms with van der Waals surface area (Å²) in [6, 6.07) is 0. The molecule has 0 aliphatic heterocycles. The van der Waals surface area contributed by atoms with E-state index in [1.807, 2.05) is 6.92 Å². The van der Waals surface area contributed by atoms with E-state index in [1.165, 1.54) is 6.42 Å². The van der Waals surface area contributed by atoms with E-state index in [-0.39, 0.29) is 0 Å². The molecular weight excluding hydrogens is 118 g/mol. The Bertz CT molecular complexity index is 111. The van der Waals surface area contributed by atoms with Gasteiger partial charge in [0.1, 0.15) is 0 Å². The van der Waals surface area contributed by atoms with Crippen LogP contribution in [0.2, 0.25) is 0 Å². The van der Waals surface area contributed by atoms with Gasteiger partial charge in [-0.3, -0.25) is 5.41 Å². The fraction of sp³-hybridized carbons (Fsp3) is 0.833. The summed E-state index contributed by atoms with van der Waals surface area (Å²) >= 11 is 1.71. The van der Waals surface area contributed by atoms with Gasteiger partial charge >= 0.3 is 0 Å². The molecular formula is C6H11NS. The Labute approximate surface area is 54.4 Å². The second-order valence-electron chi connectivity index (χ2n) is 2.43. The molecule has 2 unspecified atom stereocenters. The Morgan fingerprint density at radius 2 is 2.25 bits per heavy atom. The van der Waals surface area contributed by atoms with Gasteiger partial charge in [-0.2, -0.15) is 0 Å². The van der Waals surface area contributed by atoms with Crippen molar-refractivity contribution < 1.29 is 0 Å². The van der Waals surface area contributed by atoms with Crippen LogP contribution in [0.5, 0.6) is 0 Å². The zero-order valence-electron chi connectivity index (χ0n) is 5.27. The van der Waals surface area contributed by atoms with Crippen molar-refractivity contribution >= 4 is 16.8 Å². The van der Waals surface area contributed by atoms with Crippen molar-refractivity contribution in [1.29, 1.82) is 5.41 Å². The molecule has 2 atom stereocenters. The fourth-order valence-electron chi connectivity index (χ4n) is 0.679. The van der Waals surface area contributed by atoms with Crippen molar-refractivity contribution in [1.82, 2.24) is 0 Å². The van der Waals surface area contributed by atoms with Gasteiger partial charge < -0.3 is 0 Å². The maximum absolute atomic E-state index is 7.12. The lowest BCUT2D eigenvalue weighted by molar-refractivity contribution is 0.988. The number of rotatable bonds is 1. The van der Waals surface area contributed by atoms with Crippen molar-refractivity contribution in [3.8, 4) is 0 Å². The van der Waals surface area contributed by atoms with E-state index in [9.17, 15) is 0 Å². The molecule has 0 heterocycles. The van der Waals surface area contributed by atoms with Gasteiger partial charge in [0.25, 0.3) is 0 Å². The van der Waals surface area contributed by atoms with Crippen LogP contribution in [-0.4, -0.2) is 10.3 Å². The first-order chi connectivity index (χ1) is 3.70. The summed E-state index contributed by atoms with van der Waals surface area (Å²) in [4.78, 5) is 0. The van der Waals surface area contributed by atoms with Gasteiger partial charge in [0, 0.05) is 5.25 Å². The van der Waals surface area contributed by atoms with Crippen molar-refractivity contribution in [2.75, 3.05) is 0 Å². The average molecular weight is 129 g/mol. The van der Waals surface area contributed by atoms with Crippen LogP contribution in [0, 0.1) is 11.3 Å². The van der Waals surface area contributed by atoms with Gasteiger partial charge in [0.05, 0.1) is 5.04 Å². The van der Waals surface area contributed by atoms with Crippen molar-refractivity contribution in [3.05, 3.63) is 0 Å². The standard InChI is InChI=1S/C6H11NS/c1-4-3-6(4)8-5(2)7/h4,6-7H,3H2,1-2H3. The van der Waals surface area contributed by atoms with Crippen molar-refractivity contribution in [3.63, 3.8) is 0 Å². The van der Waals surface area contributed by atoms with Crippen molar-refractivity contribution in [2.45, 2.75) is 25.5 Å². The highest BCUT2D eigenvalue weighted by molar-refractivity contribution is 8.14. The molecule has 0 bridgehead atoms. The summed E-state index contributed by atoms with van der Waals surface area (Å²) in [6.45, 7) is 4.09. The second-order valence-corrected chi connectivity index (χ2v) is 3.88. The molecule has 8 heavy (non-hydrogen) atoms. The molecule has 1 saturated carbocycles. The number of thioether (sulfide) groups is 1. The summed E-state index contributed by atoms with van der Waals surface area (Å²) in [5.41, 5.74) is 0. The average Bonchev–Trinajstić information content (AvgIpc) is 2.17. The van der Waals surface area contributed by atoms with E-state index < -0.39 is 0 Å². The second kappa shape index (κ2) is 2.09. The summed E-state index contributed by atoms with van der Waals surface area (Å²) in [5.74, 6) is 0.875. The molecule has 0 spiro atoms. The van der Waals surface area contributed by atoms with Crippen LogP contribution in [0.3, 0.4) is 0 Å². The molecule has 1 fully saturated rings. The Kier molecular flexibility index (Phi) is 1.61. The third-order valence-electron chi connectivity index (χ3n) is 1.36. The number of nitrogens with one attached hydrogen (secondary N) is 1. The van der Waals surface area contributed by atoms with Crippen LogP contribution in [0.1, 0.15) is 20.3 Å². The van der Waals surface area contributed by atoms with E-state index in [0.717, 1.165) is 16.2 Å². The van der Waals surface area contributed by atoms with Gasteiger partial charge in [0.15, 0.2) is 0 Å². The van der Waals surface area contributed by atoms with E-state index in [0.29, 0.717) is 0 Å². The first-order valence-electron chi connectivity index (χ1n) is 2.92. The normalized spacial score (nSPS) is 34.8. The van der Waals surface area contributed by atoms with E-state index in [2.05, 4.69) is 6.92 Å². The monoisotopic (exact) mass is 129 g/mol. The zero-order valence-corrected chi connectivity index (χ0v) is 6.09. The molecule has 0 aromatic carbocycles. The van der Waals surface area contributed by atoms with Crippen LogP contribution < -0.4 is 0 Å². The Morgan fingerprint density at radius 3 is 2.38 bits per heavy atom. The smallest absolute Gasteiger partial charge is 0.0613 e. The van der Waals surface area contributed by atoms with E-state index in [4.69, 9.17) is 5.41 Å².